The fourth-order valence-electron chi connectivity index (χ4n) is 2.86. The van der Waals surface area contributed by atoms with Crippen LogP contribution in [0.2, 0.25) is 0 Å². The first-order valence-electron chi connectivity index (χ1n) is 7.28. The van der Waals surface area contributed by atoms with Crippen molar-refractivity contribution in [2.24, 2.45) is 0 Å². The normalized spacial score (nSPS) is 14.5. The number of anilines is 2. The Bertz CT molecular complexity index is 815. The molecule has 0 radical (unpaired) electrons. The highest BCUT2D eigenvalue weighted by Gasteiger charge is 2.20. The van der Waals surface area contributed by atoms with E-state index in [4.69, 9.17) is 0 Å². The summed E-state index contributed by atoms with van der Waals surface area (Å²) in [7, 11) is 0. The van der Waals surface area contributed by atoms with Gasteiger partial charge in [-0.25, -0.2) is 0 Å². The van der Waals surface area contributed by atoms with Crippen molar-refractivity contribution in [3.8, 4) is 0 Å². The summed E-state index contributed by atoms with van der Waals surface area (Å²) in [5.41, 5.74) is 3.50. The predicted molar refractivity (Wildman–Crippen MR) is 98.3 cm³/mol. The third kappa shape index (κ3) is 2.38. The molecule has 1 aliphatic heterocycles. The van der Waals surface area contributed by atoms with Crippen molar-refractivity contribution in [2.45, 2.75) is 6.17 Å². The molecule has 0 saturated heterocycles. The number of halogens is 1. The third-order valence-corrected chi connectivity index (χ3v) is 4.57. The fourth-order valence-corrected chi connectivity index (χ4v) is 3.35. The van der Waals surface area contributed by atoms with E-state index in [1.807, 2.05) is 18.2 Å². The van der Waals surface area contributed by atoms with E-state index in [0.29, 0.717) is 0 Å². The van der Waals surface area contributed by atoms with E-state index < -0.39 is 0 Å². The lowest BCUT2D eigenvalue weighted by Crippen LogP contribution is -2.31. The van der Waals surface area contributed by atoms with E-state index in [1.165, 1.54) is 16.3 Å². The molecular formula is C19H15BrN2. The topological polar surface area (TPSA) is 24.1 Å². The van der Waals surface area contributed by atoms with Gasteiger partial charge in [0.25, 0.3) is 0 Å². The molecule has 1 heterocycles. The number of nitrogens with one attached hydrogen (secondary N) is 2. The molecule has 4 rings (SSSR count). The average Bonchev–Trinajstić information content (AvgIpc) is 2.56. The summed E-state index contributed by atoms with van der Waals surface area (Å²) in [5, 5.41) is 9.61. The van der Waals surface area contributed by atoms with Gasteiger partial charge in [-0.2, -0.15) is 0 Å². The SMILES string of the molecule is Br/C(=C/c1ccccc1)C1Nc2cccc3cccc(c23)N1. The van der Waals surface area contributed by atoms with Gasteiger partial charge in [-0.1, -0.05) is 70.5 Å². The third-order valence-electron chi connectivity index (χ3n) is 3.88. The molecule has 3 heteroatoms. The number of benzene rings is 3. The summed E-state index contributed by atoms with van der Waals surface area (Å²) in [6, 6.07) is 23.0. The van der Waals surface area contributed by atoms with Crippen molar-refractivity contribution in [2.75, 3.05) is 10.6 Å². The molecular weight excluding hydrogens is 336 g/mol. The fraction of sp³-hybridized carbons (Fsp3) is 0.0526. The van der Waals surface area contributed by atoms with E-state index in [-0.39, 0.29) is 6.17 Å². The maximum Gasteiger partial charge on any atom is 0.130 e. The van der Waals surface area contributed by atoms with Gasteiger partial charge in [0.05, 0.1) is 0 Å². The van der Waals surface area contributed by atoms with Crippen molar-refractivity contribution < 1.29 is 0 Å². The first-order valence-corrected chi connectivity index (χ1v) is 8.07. The Hall–Kier alpha value is -2.26. The minimum Gasteiger partial charge on any atom is -0.361 e. The molecule has 2 N–H and O–H groups in total. The average molecular weight is 351 g/mol. The second kappa shape index (κ2) is 5.50. The Labute approximate surface area is 138 Å². The Morgan fingerprint density at radius 1 is 0.818 bits per heavy atom. The van der Waals surface area contributed by atoms with Crippen LogP contribution in [-0.4, -0.2) is 6.17 Å². The molecule has 0 amide bonds. The van der Waals surface area contributed by atoms with E-state index >= 15 is 0 Å². The molecule has 0 aliphatic carbocycles. The van der Waals surface area contributed by atoms with Gasteiger partial charge in [0.1, 0.15) is 6.17 Å². The maximum absolute atomic E-state index is 3.71. The van der Waals surface area contributed by atoms with Crippen LogP contribution in [0, 0.1) is 0 Å². The van der Waals surface area contributed by atoms with Crippen LogP contribution < -0.4 is 10.6 Å². The van der Waals surface area contributed by atoms with Crippen LogP contribution in [0.3, 0.4) is 0 Å². The smallest absolute Gasteiger partial charge is 0.130 e. The van der Waals surface area contributed by atoms with E-state index in [0.717, 1.165) is 15.9 Å². The lowest BCUT2D eigenvalue weighted by Gasteiger charge is -2.29. The quantitative estimate of drug-likeness (QED) is 0.642. The molecule has 0 unspecified atom stereocenters. The summed E-state index contributed by atoms with van der Waals surface area (Å²) in [5.74, 6) is 0. The zero-order valence-electron chi connectivity index (χ0n) is 11.9. The van der Waals surface area contributed by atoms with Crippen molar-refractivity contribution in [3.05, 3.63) is 76.8 Å². The van der Waals surface area contributed by atoms with Crippen LogP contribution in [0.15, 0.2) is 71.2 Å². The first-order chi connectivity index (χ1) is 10.8. The molecule has 22 heavy (non-hydrogen) atoms. The summed E-state index contributed by atoms with van der Waals surface area (Å²) < 4.78 is 1.07. The zero-order chi connectivity index (χ0) is 14.9. The van der Waals surface area contributed by atoms with Gasteiger partial charge in [-0.05, 0) is 29.2 Å². The molecule has 3 aromatic carbocycles. The van der Waals surface area contributed by atoms with Gasteiger partial charge in [-0.3, -0.25) is 0 Å². The van der Waals surface area contributed by atoms with Crippen molar-refractivity contribution in [1.29, 1.82) is 0 Å². The lowest BCUT2D eigenvalue weighted by molar-refractivity contribution is 1.00. The molecule has 0 saturated carbocycles. The van der Waals surface area contributed by atoms with Crippen LogP contribution >= 0.6 is 15.9 Å². The highest BCUT2D eigenvalue weighted by atomic mass is 79.9. The van der Waals surface area contributed by atoms with Crippen LogP contribution in [0.25, 0.3) is 16.8 Å². The van der Waals surface area contributed by atoms with Crippen LogP contribution in [0.5, 0.6) is 0 Å². The first kappa shape index (κ1) is 13.4. The molecule has 0 bridgehead atoms. The summed E-state index contributed by atoms with van der Waals surface area (Å²) >= 11 is 3.71. The number of hydrogen-bond acceptors (Lipinski definition) is 2. The highest BCUT2D eigenvalue weighted by molar-refractivity contribution is 9.11. The Balaban J connectivity index is 1.71. The van der Waals surface area contributed by atoms with E-state index in [1.54, 1.807) is 0 Å². The second-order valence-corrected chi connectivity index (χ2v) is 6.29. The molecule has 0 fully saturated rings. The van der Waals surface area contributed by atoms with Gasteiger partial charge < -0.3 is 10.6 Å². The minimum absolute atomic E-state index is 0.0284. The Morgan fingerprint density at radius 3 is 2.09 bits per heavy atom. The Kier molecular flexibility index (Phi) is 3.35. The van der Waals surface area contributed by atoms with Crippen LogP contribution in [0.1, 0.15) is 5.56 Å². The van der Waals surface area contributed by atoms with Crippen LogP contribution in [0.4, 0.5) is 11.4 Å². The summed E-state index contributed by atoms with van der Waals surface area (Å²) in [6.07, 6.45) is 2.17. The second-order valence-electron chi connectivity index (χ2n) is 5.37. The van der Waals surface area contributed by atoms with Crippen molar-refractivity contribution >= 4 is 44.2 Å². The zero-order valence-corrected chi connectivity index (χ0v) is 13.5. The number of rotatable bonds is 2. The molecule has 108 valence electrons. The van der Waals surface area contributed by atoms with Gasteiger partial charge in [0, 0.05) is 21.2 Å². The predicted octanol–water partition coefficient (Wildman–Crippen LogP) is 5.44. The maximum atomic E-state index is 3.71. The van der Waals surface area contributed by atoms with Gasteiger partial charge in [0.2, 0.25) is 0 Å². The van der Waals surface area contributed by atoms with E-state index in [9.17, 15) is 0 Å². The Morgan fingerprint density at radius 2 is 1.45 bits per heavy atom. The highest BCUT2D eigenvalue weighted by Crippen LogP contribution is 2.36. The standard InChI is InChI=1S/C19H15BrN2/c20-15(12-13-6-2-1-3-7-13)19-21-16-10-4-8-14-9-5-11-17(22-19)18(14)16/h1-12,19,21-22H/b15-12+. The molecule has 0 spiro atoms. The minimum atomic E-state index is 0.0284. The summed E-state index contributed by atoms with van der Waals surface area (Å²) in [6.45, 7) is 0. The molecule has 0 aromatic heterocycles. The molecule has 2 nitrogen and oxygen atoms in total. The molecule has 0 atom stereocenters. The molecule has 1 aliphatic rings. The lowest BCUT2D eigenvalue weighted by atomic mass is 10.0. The number of hydrogen-bond donors (Lipinski definition) is 2. The summed E-state index contributed by atoms with van der Waals surface area (Å²) in [4.78, 5) is 0. The van der Waals surface area contributed by atoms with Gasteiger partial charge in [-0.15, -0.1) is 0 Å². The van der Waals surface area contributed by atoms with Gasteiger partial charge in [0.15, 0.2) is 0 Å². The van der Waals surface area contributed by atoms with Crippen molar-refractivity contribution in [1.82, 2.24) is 0 Å². The van der Waals surface area contributed by atoms with Gasteiger partial charge >= 0.3 is 0 Å². The van der Waals surface area contributed by atoms with E-state index in [2.05, 4.69) is 81.2 Å². The van der Waals surface area contributed by atoms with Crippen LogP contribution in [-0.2, 0) is 0 Å². The monoisotopic (exact) mass is 350 g/mol. The van der Waals surface area contributed by atoms with Crippen molar-refractivity contribution in [3.63, 3.8) is 0 Å². The molecule has 3 aromatic rings. The largest absolute Gasteiger partial charge is 0.361 e.